The third kappa shape index (κ3) is 8.03. The smallest absolute Gasteiger partial charge is 0.433 e. The summed E-state index contributed by atoms with van der Waals surface area (Å²) in [6, 6.07) is 17.5. The first-order valence-electron chi connectivity index (χ1n) is 12.2. The third-order valence-electron chi connectivity index (χ3n) is 5.62. The van der Waals surface area contributed by atoms with E-state index in [2.05, 4.69) is 20.6 Å². The molecule has 0 spiro atoms. The lowest BCUT2D eigenvalue weighted by Gasteiger charge is -2.12. The molecule has 4 aromatic rings. The van der Waals surface area contributed by atoms with Gasteiger partial charge in [0.15, 0.2) is 0 Å². The van der Waals surface area contributed by atoms with Crippen LogP contribution in [0.4, 0.5) is 18.0 Å². The van der Waals surface area contributed by atoms with Crippen molar-refractivity contribution in [3.63, 3.8) is 0 Å². The van der Waals surface area contributed by atoms with E-state index in [1.807, 2.05) is 41.8 Å². The lowest BCUT2D eigenvalue weighted by Crippen LogP contribution is -2.24. The molecule has 40 heavy (non-hydrogen) atoms. The predicted octanol–water partition coefficient (Wildman–Crippen LogP) is 4.99. The summed E-state index contributed by atoms with van der Waals surface area (Å²) in [5.74, 6) is -0.666. The van der Waals surface area contributed by atoms with Gasteiger partial charge in [-0.25, -0.2) is 14.5 Å². The van der Waals surface area contributed by atoms with E-state index in [0.717, 1.165) is 23.9 Å². The number of benzene rings is 2. The predicted molar refractivity (Wildman–Crippen MR) is 137 cm³/mol. The van der Waals surface area contributed by atoms with E-state index in [1.165, 1.54) is 24.3 Å². The number of carbonyl (C=O) groups excluding carboxylic acids is 1. The van der Waals surface area contributed by atoms with Crippen LogP contribution in [-0.4, -0.2) is 43.6 Å². The van der Waals surface area contributed by atoms with Gasteiger partial charge in [0.2, 0.25) is 5.88 Å². The number of nitrogens with one attached hydrogen (secondary N) is 2. The molecular weight excluding hydrogens is 529 g/mol. The summed E-state index contributed by atoms with van der Waals surface area (Å²) in [5, 5.41) is 21.9. The Hall–Kier alpha value is -4.94. The summed E-state index contributed by atoms with van der Waals surface area (Å²) in [7, 11) is 0. The summed E-state index contributed by atoms with van der Waals surface area (Å²) >= 11 is 0. The number of carboxylic acid groups (broad SMARTS) is 1. The zero-order valence-corrected chi connectivity index (χ0v) is 21.1. The van der Waals surface area contributed by atoms with Crippen LogP contribution in [0, 0.1) is 0 Å². The summed E-state index contributed by atoms with van der Waals surface area (Å²) in [4.78, 5) is 26.8. The zero-order valence-electron chi connectivity index (χ0n) is 21.1. The number of hydrogen-bond donors (Lipinski definition) is 3. The molecule has 208 valence electrons. The molecule has 0 saturated heterocycles. The normalized spacial score (nSPS) is 11.2. The first-order valence-corrected chi connectivity index (χ1v) is 12.2. The van der Waals surface area contributed by atoms with E-state index in [1.54, 1.807) is 10.7 Å². The minimum absolute atomic E-state index is 0.0104. The molecule has 0 saturated carbocycles. The Morgan fingerprint density at radius 1 is 0.975 bits per heavy atom. The van der Waals surface area contributed by atoms with Gasteiger partial charge >= 0.3 is 12.3 Å². The number of hydrogen-bond acceptors (Lipinski definition) is 6. The van der Waals surface area contributed by atoms with Crippen LogP contribution in [-0.2, 0) is 19.1 Å². The Morgan fingerprint density at radius 2 is 1.77 bits per heavy atom. The quantitative estimate of drug-likeness (QED) is 0.223. The van der Waals surface area contributed by atoms with Crippen molar-refractivity contribution in [2.24, 2.45) is 0 Å². The molecule has 0 unspecified atom stereocenters. The van der Waals surface area contributed by atoms with E-state index >= 15 is 0 Å². The monoisotopic (exact) mass is 554 g/mol. The standard InChI is InChI=1S/C27H25F3N6O4/c28-27(29,30)23-13-18(16-32-26(38)39)14-24(33-23)40-22-11-6-7-19(15-22)25(37)31-12-5-4-8-20-17-36(35-34-20)21-9-2-1-3-10-21/h1-3,6-7,9-11,13-15,17,32H,4-5,8,12,16H2,(H,31,37)(H,38,39). The van der Waals surface area contributed by atoms with E-state index in [-0.39, 0.29) is 29.3 Å². The lowest BCUT2D eigenvalue weighted by molar-refractivity contribution is -0.141. The van der Waals surface area contributed by atoms with Gasteiger partial charge < -0.3 is 20.5 Å². The van der Waals surface area contributed by atoms with Crippen molar-refractivity contribution in [3.8, 4) is 17.3 Å². The highest BCUT2D eigenvalue weighted by atomic mass is 19.4. The first kappa shape index (κ1) is 28.1. The summed E-state index contributed by atoms with van der Waals surface area (Å²) in [5.41, 5.74) is 0.785. The number of halogens is 3. The van der Waals surface area contributed by atoms with E-state index in [4.69, 9.17) is 9.84 Å². The average Bonchev–Trinajstić information content (AvgIpc) is 3.41. The molecule has 0 bridgehead atoms. The summed E-state index contributed by atoms with van der Waals surface area (Å²) < 4.78 is 47.0. The fourth-order valence-electron chi connectivity index (χ4n) is 3.71. The van der Waals surface area contributed by atoms with Gasteiger partial charge in [0.1, 0.15) is 11.4 Å². The topological polar surface area (TPSA) is 131 Å². The fraction of sp³-hybridized carbons (Fsp3) is 0.222. The molecule has 0 atom stereocenters. The molecule has 0 fully saturated rings. The number of nitrogens with zero attached hydrogens (tertiary/aromatic N) is 4. The molecule has 2 amide bonds. The first-order chi connectivity index (χ1) is 19.2. The maximum Gasteiger partial charge on any atom is 0.433 e. The van der Waals surface area contributed by atoms with Gasteiger partial charge in [-0.05, 0) is 61.2 Å². The largest absolute Gasteiger partial charge is 0.465 e. The van der Waals surface area contributed by atoms with Crippen molar-refractivity contribution in [2.75, 3.05) is 6.54 Å². The third-order valence-corrected chi connectivity index (χ3v) is 5.62. The summed E-state index contributed by atoms with van der Waals surface area (Å²) in [6.45, 7) is 0.0387. The Kier molecular flexibility index (Phi) is 8.94. The van der Waals surface area contributed by atoms with Crippen molar-refractivity contribution < 1.29 is 32.6 Å². The number of alkyl halides is 3. The highest BCUT2D eigenvalue weighted by Crippen LogP contribution is 2.31. The maximum absolute atomic E-state index is 13.3. The molecule has 13 heteroatoms. The van der Waals surface area contributed by atoms with Crippen molar-refractivity contribution in [1.82, 2.24) is 30.6 Å². The highest BCUT2D eigenvalue weighted by Gasteiger charge is 2.33. The second-order valence-corrected chi connectivity index (χ2v) is 8.69. The van der Waals surface area contributed by atoms with Crippen LogP contribution in [0.5, 0.6) is 11.6 Å². The highest BCUT2D eigenvalue weighted by molar-refractivity contribution is 5.94. The Balaban J connectivity index is 1.30. The number of amides is 2. The summed E-state index contributed by atoms with van der Waals surface area (Å²) in [6.07, 6.45) is -2.12. The number of aryl methyl sites for hydroxylation is 1. The van der Waals surface area contributed by atoms with E-state index in [9.17, 15) is 22.8 Å². The van der Waals surface area contributed by atoms with Crippen LogP contribution in [0.1, 0.15) is 40.2 Å². The van der Waals surface area contributed by atoms with E-state index < -0.39 is 23.8 Å². The number of ether oxygens (including phenoxy) is 1. The van der Waals surface area contributed by atoms with Gasteiger partial charge in [-0.2, -0.15) is 13.2 Å². The molecule has 2 aromatic heterocycles. The number of unbranched alkanes of at least 4 members (excludes halogenated alkanes) is 1. The fourth-order valence-corrected chi connectivity index (χ4v) is 3.71. The molecule has 2 heterocycles. The molecule has 0 aliphatic rings. The number of rotatable bonds is 11. The van der Waals surface area contributed by atoms with Gasteiger partial charge in [0.05, 0.1) is 17.6 Å². The van der Waals surface area contributed by atoms with Crippen LogP contribution < -0.4 is 15.4 Å². The van der Waals surface area contributed by atoms with E-state index in [0.29, 0.717) is 19.4 Å². The van der Waals surface area contributed by atoms with Gasteiger partial charge in [-0.1, -0.05) is 29.5 Å². The molecular formula is C27H25F3N6O4. The molecule has 0 radical (unpaired) electrons. The van der Waals surface area contributed by atoms with Crippen LogP contribution in [0.3, 0.4) is 0 Å². The Bertz CT molecular complexity index is 1460. The van der Waals surface area contributed by atoms with Gasteiger partial charge in [-0.3, -0.25) is 4.79 Å². The van der Waals surface area contributed by atoms with Crippen LogP contribution >= 0.6 is 0 Å². The SMILES string of the molecule is O=C(O)NCc1cc(Oc2cccc(C(=O)NCCCCc3cn(-c4ccccc4)nn3)c2)nc(C(F)(F)F)c1. The minimum atomic E-state index is -4.77. The molecule has 0 aliphatic heterocycles. The van der Waals surface area contributed by atoms with Crippen molar-refractivity contribution in [1.29, 1.82) is 0 Å². The van der Waals surface area contributed by atoms with Crippen LogP contribution in [0.15, 0.2) is 72.9 Å². The lowest BCUT2D eigenvalue weighted by atomic mass is 10.2. The molecule has 10 nitrogen and oxygen atoms in total. The number of aromatic nitrogens is 4. The molecule has 4 rings (SSSR count). The molecule has 3 N–H and O–H groups in total. The van der Waals surface area contributed by atoms with Gasteiger partial charge in [-0.15, -0.1) is 5.10 Å². The van der Waals surface area contributed by atoms with Gasteiger partial charge in [0, 0.05) is 24.7 Å². The molecule has 2 aromatic carbocycles. The Labute approximate surface area is 226 Å². The minimum Gasteiger partial charge on any atom is -0.465 e. The zero-order chi connectivity index (χ0) is 28.5. The van der Waals surface area contributed by atoms with Crippen molar-refractivity contribution in [2.45, 2.75) is 32.0 Å². The van der Waals surface area contributed by atoms with Crippen LogP contribution in [0.25, 0.3) is 5.69 Å². The number of carbonyl (C=O) groups is 2. The average molecular weight is 555 g/mol. The number of pyridine rings is 1. The molecule has 0 aliphatic carbocycles. The van der Waals surface area contributed by atoms with Gasteiger partial charge in [0.25, 0.3) is 5.91 Å². The second-order valence-electron chi connectivity index (χ2n) is 8.69. The second kappa shape index (κ2) is 12.7. The number of para-hydroxylation sites is 1. The van der Waals surface area contributed by atoms with Crippen molar-refractivity contribution in [3.05, 3.63) is 95.4 Å². The maximum atomic E-state index is 13.3. The van der Waals surface area contributed by atoms with Crippen molar-refractivity contribution >= 4 is 12.0 Å². The van der Waals surface area contributed by atoms with Crippen LogP contribution in [0.2, 0.25) is 0 Å². The Morgan fingerprint density at radius 3 is 2.52 bits per heavy atom.